The maximum absolute atomic E-state index is 11.8. The quantitative estimate of drug-likeness (QED) is 0.374. The van der Waals surface area contributed by atoms with Gasteiger partial charge < -0.3 is 15.6 Å². The summed E-state index contributed by atoms with van der Waals surface area (Å²) in [5.74, 6) is 1.03. The van der Waals surface area contributed by atoms with Crippen LogP contribution in [-0.4, -0.2) is 32.0 Å². The van der Waals surface area contributed by atoms with E-state index in [2.05, 4.69) is 32.3 Å². The summed E-state index contributed by atoms with van der Waals surface area (Å²) >= 11 is 0. The lowest BCUT2D eigenvalue weighted by Gasteiger charge is -2.12. The normalized spacial score (nSPS) is 11.3. The van der Waals surface area contributed by atoms with E-state index < -0.39 is 0 Å². The van der Waals surface area contributed by atoms with Crippen LogP contribution in [0, 0.1) is 5.92 Å². The summed E-state index contributed by atoms with van der Waals surface area (Å²) in [5.41, 5.74) is 12.5. The minimum absolute atomic E-state index is 0.0373. The van der Waals surface area contributed by atoms with E-state index in [-0.39, 0.29) is 18.4 Å². The zero-order valence-electron chi connectivity index (χ0n) is 17.0. The van der Waals surface area contributed by atoms with Crippen LogP contribution in [0.2, 0.25) is 0 Å². The third kappa shape index (κ3) is 4.62. The average Bonchev–Trinajstić information content (AvgIpc) is 3.04. The van der Waals surface area contributed by atoms with Gasteiger partial charge in [-0.3, -0.25) is 20.1 Å². The summed E-state index contributed by atoms with van der Waals surface area (Å²) in [6, 6.07) is 3.70. The monoisotopic (exact) mass is 397 g/mol. The number of nitrogens with two attached hydrogens (primary N) is 1. The van der Waals surface area contributed by atoms with Crippen molar-refractivity contribution in [1.29, 1.82) is 0 Å². The van der Waals surface area contributed by atoms with Gasteiger partial charge in [0.2, 0.25) is 5.91 Å². The number of nitrogens with zero attached hydrogens (tertiary/aromatic N) is 4. The molecular formula is C20H27N7O2. The molecule has 0 aliphatic carbocycles. The summed E-state index contributed by atoms with van der Waals surface area (Å²) in [7, 11) is 0. The van der Waals surface area contributed by atoms with Crippen LogP contribution in [0.4, 0.5) is 5.82 Å². The van der Waals surface area contributed by atoms with Crippen molar-refractivity contribution < 1.29 is 9.63 Å². The van der Waals surface area contributed by atoms with Gasteiger partial charge in [-0.15, -0.1) is 0 Å². The van der Waals surface area contributed by atoms with E-state index in [1.165, 1.54) is 0 Å². The SMILES string of the molecule is C=C(C)NOCc1nc2c(N)nc3cccnc3c2n1CCCNC(=O)C(C)C. The Hall–Kier alpha value is -3.20. The van der Waals surface area contributed by atoms with Gasteiger partial charge >= 0.3 is 0 Å². The van der Waals surface area contributed by atoms with Crippen LogP contribution < -0.4 is 16.5 Å². The molecule has 0 aliphatic heterocycles. The van der Waals surface area contributed by atoms with Crippen molar-refractivity contribution in [2.75, 3.05) is 12.3 Å². The molecule has 3 heterocycles. The van der Waals surface area contributed by atoms with Crippen molar-refractivity contribution in [1.82, 2.24) is 30.3 Å². The highest BCUT2D eigenvalue weighted by Crippen LogP contribution is 2.27. The second kappa shape index (κ2) is 8.87. The van der Waals surface area contributed by atoms with Gasteiger partial charge in [0.05, 0.1) is 5.52 Å². The Morgan fingerprint density at radius 1 is 1.34 bits per heavy atom. The molecule has 0 saturated heterocycles. The fourth-order valence-corrected chi connectivity index (χ4v) is 3.00. The molecule has 29 heavy (non-hydrogen) atoms. The lowest BCUT2D eigenvalue weighted by Crippen LogP contribution is -2.29. The molecule has 3 aromatic rings. The molecule has 3 aromatic heterocycles. The fourth-order valence-electron chi connectivity index (χ4n) is 3.00. The number of hydrogen-bond donors (Lipinski definition) is 3. The first-order valence-electron chi connectivity index (χ1n) is 9.58. The first-order chi connectivity index (χ1) is 13.9. The third-order valence-electron chi connectivity index (χ3n) is 4.37. The number of allylic oxidation sites excluding steroid dienone is 1. The van der Waals surface area contributed by atoms with Crippen LogP contribution in [0.25, 0.3) is 22.1 Å². The summed E-state index contributed by atoms with van der Waals surface area (Å²) in [5, 5.41) is 2.94. The minimum Gasteiger partial charge on any atom is -0.382 e. The topological polar surface area (TPSA) is 120 Å². The highest BCUT2D eigenvalue weighted by molar-refractivity contribution is 6.04. The van der Waals surface area contributed by atoms with E-state index in [1.54, 1.807) is 13.1 Å². The number of hydrogen-bond acceptors (Lipinski definition) is 7. The molecule has 0 fully saturated rings. The molecule has 3 rings (SSSR count). The van der Waals surface area contributed by atoms with Gasteiger partial charge in [0.1, 0.15) is 29.0 Å². The Morgan fingerprint density at radius 2 is 2.14 bits per heavy atom. The van der Waals surface area contributed by atoms with Crippen LogP contribution in [-0.2, 0) is 22.8 Å². The molecule has 9 nitrogen and oxygen atoms in total. The van der Waals surface area contributed by atoms with Gasteiger partial charge in [0, 0.05) is 30.9 Å². The molecule has 0 aliphatic rings. The van der Waals surface area contributed by atoms with Crippen molar-refractivity contribution in [3.8, 4) is 0 Å². The largest absolute Gasteiger partial charge is 0.382 e. The maximum Gasteiger partial charge on any atom is 0.222 e. The Bertz CT molecular complexity index is 1040. The number of aromatic nitrogens is 4. The zero-order valence-corrected chi connectivity index (χ0v) is 17.0. The van der Waals surface area contributed by atoms with Gasteiger partial charge in [-0.2, -0.15) is 0 Å². The molecule has 0 bridgehead atoms. The lowest BCUT2D eigenvalue weighted by atomic mass is 10.2. The molecule has 154 valence electrons. The number of fused-ring (bicyclic) bond motifs is 3. The van der Waals surface area contributed by atoms with Crippen molar-refractivity contribution in [2.45, 2.75) is 40.3 Å². The summed E-state index contributed by atoms with van der Waals surface area (Å²) in [4.78, 5) is 30.9. The van der Waals surface area contributed by atoms with E-state index in [1.807, 2.05) is 30.5 Å². The molecule has 0 aromatic carbocycles. The number of carbonyl (C=O) groups is 1. The Labute approximate surface area is 169 Å². The highest BCUT2D eigenvalue weighted by atomic mass is 16.6. The Kier molecular flexibility index (Phi) is 6.28. The molecular weight excluding hydrogens is 370 g/mol. The Balaban J connectivity index is 1.94. The number of nitrogens with one attached hydrogen (secondary N) is 2. The number of pyridine rings is 2. The van der Waals surface area contributed by atoms with E-state index in [4.69, 9.17) is 10.6 Å². The van der Waals surface area contributed by atoms with Gasteiger partial charge in [-0.05, 0) is 25.5 Å². The van der Waals surface area contributed by atoms with E-state index >= 15 is 0 Å². The molecule has 0 atom stereocenters. The summed E-state index contributed by atoms with van der Waals surface area (Å²) < 4.78 is 2.03. The minimum atomic E-state index is -0.0414. The average molecular weight is 397 g/mol. The Morgan fingerprint density at radius 3 is 2.86 bits per heavy atom. The number of nitrogen functional groups attached to an aromatic ring is 1. The molecule has 0 spiro atoms. The highest BCUT2D eigenvalue weighted by Gasteiger charge is 2.18. The zero-order chi connectivity index (χ0) is 21.0. The molecule has 0 saturated carbocycles. The number of amides is 1. The molecule has 0 unspecified atom stereocenters. The smallest absolute Gasteiger partial charge is 0.222 e. The number of hydroxylamine groups is 1. The van der Waals surface area contributed by atoms with E-state index in [9.17, 15) is 4.79 Å². The van der Waals surface area contributed by atoms with Gasteiger partial charge in [-0.25, -0.2) is 9.97 Å². The molecule has 4 N–H and O–H groups in total. The van der Waals surface area contributed by atoms with Crippen LogP contribution in [0.1, 0.15) is 33.0 Å². The van der Waals surface area contributed by atoms with Crippen molar-refractivity contribution in [3.05, 3.63) is 36.4 Å². The van der Waals surface area contributed by atoms with E-state index in [0.29, 0.717) is 41.5 Å². The number of imidazole rings is 1. The van der Waals surface area contributed by atoms with Gasteiger partial charge in [0.25, 0.3) is 0 Å². The number of rotatable bonds is 9. The molecule has 0 radical (unpaired) electrons. The number of carbonyl (C=O) groups excluding carboxylic acids is 1. The molecule has 1 amide bonds. The van der Waals surface area contributed by atoms with E-state index in [0.717, 1.165) is 17.5 Å². The van der Waals surface area contributed by atoms with Crippen LogP contribution >= 0.6 is 0 Å². The van der Waals surface area contributed by atoms with Crippen LogP contribution in [0.5, 0.6) is 0 Å². The van der Waals surface area contributed by atoms with Gasteiger partial charge in [0.15, 0.2) is 5.82 Å². The van der Waals surface area contributed by atoms with Gasteiger partial charge in [-0.1, -0.05) is 20.4 Å². The van der Waals surface area contributed by atoms with Crippen LogP contribution in [0.3, 0.4) is 0 Å². The van der Waals surface area contributed by atoms with Crippen molar-refractivity contribution in [2.24, 2.45) is 5.92 Å². The number of anilines is 1. The van der Waals surface area contributed by atoms with Crippen molar-refractivity contribution >= 4 is 33.8 Å². The second-order valence-corrected chi connectivity index (χ2v) is 7.22. The first-order valence-corrected chi connectivity index (χ1v) is 9.58. The predicted molar refractivity (Wildman–Crippen MR) is 112 cm³/mol. The first kappa shape index (κ1) is 20.5. The predicted octanol–water partition coefficient (Wildman–Crippen LogP) is 2.28. The molecule has 9 heteroatoms. The standard InChI is InChI=1S/C20H27N7O2/c1-12(2)20(28)23-9-6-10-27-15(11-29-26-13(3)4)25-17-18(27)16-14(24-19(17)21)7-5-8-22-16/h5,7-8,12,26H,3,6,9-11H2,1-2,4H3,(H2,21,24)(H,23,28). The fraction of sp³-hybridized carbons (Fsp3) is 0.400. The summed E-state index contributed by atoms with van der Waals surface area (Å²) in [6.45, 7) is 10.7. The van der Waals surface area contributed by atoms with Crippen LogP contribution in [0.15, 0.2) is 30.6 Å². The summed E-state index contributed by atoms with van der Waals surface area (Å²) in [6.07, 6.45) is 2.44. The number of aryl methyl sites for hydroxylation is 1. The second-order valence-electron chi connectivity index (χ2n) is 7.22. The maximum atomic E-state index is 11.8. The lowest BCUT2D eigenvalue weighted by molar-refractivity contribution is -0.123. The third-order valence-corrected chi connectivity index (χ3v) is 4.37. The van der Waals surface area contributed by atoms with Crippen molar-refractivity contribution in [3.63, 3.8) is 0 Å².